The average Bonchev–Trinajstić information content (AvgIpc) is 2.37. The van der Waals surface area contributed by atoms with Crippen LogP contribution in [0.25, 0.3) is 0 Å². The summed E-state index contributed by atoms with van der Waals surface area (Å²) < 4.78 is 0. The first kappa shape index (κ1) is 15.7. The quantitative estimate of drug-likeness (QED) is 0.894. The lowest BCUT2D eigenvalue weighted by Gasteiger charge is -2.37. The van der Waals surface area contributed by atoms with Gasteiger partial charge in [-0.25, -0.2) is 4.98 Å². The Labute approximate surface area is 125 Å². The molecular weight excluding hydrogens is 266 g/mol. The highest BCUT2D eigenvalue weighted by atomic mass is 16.2. The van der Waals surface area contributed by atoms with Gasteiger partial charge in [0.05, 0.1) is 6.42 Å². The molecule has 0 unspecified atom stereocenters. The number of hydrogen-bond donors (Lipinski definition) is 2. The van der Waals surface area contributed by atoms with Gasteiger partial charge in [0.25, 0.3) is 5.56 Å². The fourth-order valence-electron chi connectivity index (χ4n) is 3.02. The van der Waals surface area contributed by atoms with Crippen LogP contribution in [0.5, 0.6) is 0 Å². The van der Waals surface area contributed by atoms with Gasteiger partial charge in [0, 0.05) is 16.8 Å². The normalized spacial score (nSPS) is 25.6. The first-order valence-electron chi connectivity index (χ1n) is 7.66. The summed E-state index contributed by atoms with van der Waals surface area (Å²) in [5.74, 6) is 1.22. The fraction of sp³-hybridized carbons (Fsp3) is 0.688. The molecule has 0 aliphatic heterocycles. The third kappa shape index (κ3) is 3.93. The van der Waals surface area contributed by atoms with Crippen molar-refractivity contribution in [2.24, 2.45) is 5.92 Å². The molecule has 2 N–H and O–H groups in total. The molecular formula is C16H25N3O2. The SMILES string of the molecule is Cc1nc(C)c(CC(=O)NC2(C)CCC(C)CC2)c(=O)[nH]1. The van der Waals surface area contributed by atoms with Gasteiger partial charge in [-0.1, -0.05) is 6.92 Å². The van der Waals surface area contributed by atoms with Gasteiger partial charge in [-0.05, 0) is 52.4 Å². The molecule has 0 spiro atoms. The van der Waals surface area contributed by atoms with E-state index in [1.165, 1.54) is 0 Å². The lowest BCUT2D eigenvalue weighted by Crippen LogP contribution is -2.49. The molecule has 116 valence electrons. The maximum absolute atomic E-state index is 12.3. The molecule has 5 heteroatoms. The van der Waals surface area contributed by atoms with Crippen molar-refractivity contribution in [2.45, 2.75) is 65.3 Å². The number of H-pyrrole nitrogens is 1. The van der Waals surface area contributed by atoms with Crippen LogP contribution in [0.1, 0.15) is 56.6 Å². The molecule has 5 nitrogen and oxygen atoms in total. The number of carbonyl (C=O) groups is 1. The van der Waals surface area contributed by atoms with Crippen molar-refractivity contribution in [3.63, 3.8) is 0 Å². The van der Waals surface area contributed by atoms with Gasteiger partial charge in [0.15, 0.2) is 0 Å². The minimum atomic E-state index is -0.211. The van der Waals surface area contributed by atoms with E-state index in [0.29, 0.717) is 17.1 Å². The number of aryl methyl sites for hydroxylation is 2. The van der Waals surface area contributed by atoms with Gasteiger partial charge in [-0.2, -0.15) is 0 Å². The summed E-state index contributed by atoms with van der Waals surface area (Å²) in [6.45, 7) is 7.86. The molecule has 0 atom stereocenters. The Morgan fingerprint density at radius 3 is 2.57 bits per heavy atom. The van der Waals surface area contributed by atoms with Crippen LogP contribution in [0.4, 0.5) is 0 Å². The summed E-state index contributed by atoms with van der Waals surface area (Å²) in [7, 11) is 0. The Balaban J connectivity index is 2.04. The predicted octanol–water partition coefficient (Wildman–Crippen LogP) is 2.01. The topological polar surface area (TPSA) is 74.8 Å². The van der Waals surface area contributed by atoms with Crippen LogP contribution in [0, 0.1) is 19.8 Å². The van der Waals surface area contributed by atoms with Gasteiger partial charge >= 0.3 is 0 Å². The van der Waals surface area contributed by atoms with Crippen LogP contribution in [0.15, 0.2) is 4.79 Å². The molecule has 1 aliphatic carbocycles. The number of carbonyl (C=O) groups excluding carboxylic acids is 1. The molecule has 1 heterocycles. The molecule has 1 aromatic rings. The Hall–Kier alpha value is -1.65. The first-order valence-corrected chi connectivity index (χ1v) is 7.66. The first-order chi connectivity index (χ1) is 9.79. The van der Waals surface area contributed by atoms with Crippen molar-refractivity contribution in [1.82, 2.24) is 15.3 Å². The number of aromatic nitrogens is 2. The van der Waals surface area contributed by atoms with E-state index in [0.717, 1.165) is 31.6 Å². The van der Waals surface area contributed by atoms with Crippen molar-refractivity contribution in [1.29, 1.82) is 0 Å². The highest BCUT2D eigenvalue weighted by Crippen LogP contribution is 2.31. The Morgan fingerprint density at radius 2 is 2.00 bits per heavy atom. The molecule has 2 rings (SSSR count). The number of nitrogens with one attached hydrogen (secondary N) is 2. The molecule has 0 aromatic carbocycles. The average molecular weight is 291 g/mol. The van der Waals surface area contributed by atoms with E-state index in [-0.39, 0.29) is 23.4 Å². The predicted molar refractivity (Wildman–Crippen MR) is 82.2 cm³/mol. The highest BCUT2D eigenvalue weighted by molar-refractivity contribution is 5.79. The lowest BCUT2D eigenvalue weighted by molar-refractivity contribution is -0.122. The minimum absolute atomic E-state index is 0.0914. The van der Waals surface area contributed by atoms with Crippen molar-refractivity contribution in [3.05, 3.63) is 27.4 Å². The third-order valence-electron chi connectivity index (χ3n) is 4.50. The van der Waals surface area contributed by atoms with Gasteiger partial charge < -0.3 is 10.3 Å². The molecule has 1 saturated carbocycles. The van der Waals surface area contributed by atoms with Gasteiger partial charge in [-0.3, -0.25) is 9.59 Å². The van der Waals surface area contributed by atoms with Gasteiger partial charge in [0.1, 0.15) is 5.82 Å². The van der Waals surface area contributed by atoms with E-state index >= 15 is 0 Å². The maximum Gasteiger partial charge on any atom is 0.254 e. The molecule has 1 amide bonds. The van der Waals surface area contributed by atoms with Gasteiger partial charge in [-0.15, -0.1) is 0 Å². The van der Waals surface area contributed by atoms with Crippen molar-refractivity contribution < 1.29 is 4.79 Å². The number of nitrogens with zero attached hydrogens (tertiary/aromatic N) is 1. The molecule has 0 radical (unpaired) electrons. The summed E-state index contributed by atoms with van der Waals surface area (Å²) in [5, 5.41) is 3.11. The summed E-state index contributed by atoms with van der Waals surface area (Å²) >= 11 is 0. The van der Waals surface area contributed by atoms with Crippen LogP contribution in [0.3, 0.4) is 0 Å². The summed E-state index contributed by atoms with van der Waals surface area (Å²) in [6.07, 6.45) is 4.38. The molecule has 21 heavy (non-hydrogen) atoms. The molecule has 1 aliphatic rings. The summed E-state index contributed by atoms with van der Waals surface area (Å²) in [5.41, 5.74) is 0.750. The van der Waals surface area contributed by atoms with Crippen molar-refractivity contribution >= 4 is 5.91 Å². The van der Waals surface area contributed by atoms with Crippen LogP contribution < -0.4 is 10.9 Å². The Kier molecular flexibility index (Phi) is 4.49. The van der Waals surface area contributed by atoms with Crippen molar-refractivity contribution in [2.75, 3.05) is 0 Å². The van der Waals surface area contributed by atoms with E-state index in [1.54, 1.807) is 13.8 Å². The molecule has 1 fully saturated rings. The largest absolute Gasteiger partial charge is 0.351 e. The fourth-order valence-corrected chi connectivity index (χ4v) is 3.02. The summed E-state index contributed by atoms with van der Waals surface area (Å²) in [6, 6.07) is 0. The molecule has 1 aromatic heterocycles. The second kappa shape index (κ2) is 6.00. The second-order valence-electron chi connectivity index (χ2n) is 6.68. The third-order valence-corrected chi connectivity index (χ3v) is 4.50. The van der Waals surface area contributed by atoms with E-state index in [4.69, 9.17) is 0 Å². The van der Waals surface area contributed by atoms with Crippen molar-refractivity contribution in [3.8, 4) is 0 Å². The number of amides is 1. The monoisotopic (exact) mass is 291 g/mol. The maximum atomic E-state index is 12.3. The molecule has 0 saturated heterocycles. The molecule has 0 bridgehead atoms. The number of aromatic amines is 1. The number of rotatable bonds is 3. The van der Waals surface area contributed by atoms with E-state index < -0.39 is 0 Å². The van der Waals surface area contributed by atoms with E-state index in [2.05, 4.69) is 29.1 Å². The smallest absolute Gasteiger partial charge is 0.254 e. The zero-order valence-electron chi connectivity index (χ0n) is 13.4. The Morgan fingerprint density at radius 1 is 1.38 bits per heavy atom. The second-order valence-corrected chi connectivity index (χ2v) is 6.68. The van der Waals surface area contributed by atoms with Crippen LogP contribution in [-0.4, -0.2) is 21.4 Å². The standard InChI is InChI=1S/C16H25N3O2/c1-10-5-7-16(4,8-6-10)19-14(20)9-13-11(2)17-12(3)18-15(13)21/h10H,5-9H2,1-4H3,(H,19,20)(H,17,18,21). The Bertz CT molecular complexity index is 584. The van der Waals surface area contributed by atoms with Crippen LogP contribution >= 0.6 is 0 Å². The van der Waals surface area contributed by atoms with E-state index in [1.807, 2.05) is 0 Å². The lowest BCUT2D eigenvalue weighted by atomic mass is 9.78. The van der Waals surface area contributed by atoms with Gasteiger partial charge in [0.2, 0.25) is 5.91 Å². The minimum Gasteiger partial charge on any atom is -0.351 e. The van der Waals surface area contributed by atoms with Crippen LogP contribution in [0.2, 0.25) is 0 Å². The highest BCUT2D eigenvalue weighted by Gasteiger charge is 2.31. The zero-order chi connectivity index (χ0) is 15.6. The number of hydrogen-bond acceptors (Lipinski definition) is 3. The summed E-state index contributed by atoms with van der Waals surface area (Å²) in [4.78, 5) is 31.1. The zero-order valence-corrected chi connectivity index (χ0v) is 13.4. The van der Waals surface area contributed by atoms with E-state index in [9.17, 15) is 9.59 Å². The van der Waals surface area contributed by atoms with Crippen LogP contribution in [-0.2, 0) is 11.2 Å².